The van der Waals surface area contributed by atoms with Gasteiger partial charge < -0.3 is 20.3 Å². The third kappa shape index (κ3) is 4.02. The van der Waals surface area contributed by atoms with E-state index in [1.54, 1.807) is 36.4 Å². The molecule has 0 aliphatic rings. The fourth-order valence-corrected chi connectivity index (χ4v) is 2.19. The monoisotopic (exact) mass is 343 g/mol. The lowest BCUT2D eigenvalue weighted by molar-refractivity contribution is -0.155. The van der Waals surface area contributed by atoms with Crippen molar-refractivity contribution in [2.75, 3.05) is 0 Å². The molecule has 0 radical (unpaired) electrons. The first-order chi connectivity index (χ1) is 11.9. The first-order valence-electron chi connectivity index (χ1n) is 7.44. The zero-order chi connectivity index (χ0) is 18.4. The number of hydrogen-bond donors (Lipinski definition) is 3. The Morgan fingerprint density at radius 2 is 1.40 bits per heavy atom. The summed E-state index contributed by atoms with van der Waals surface area (Å²) < 4.78 is 4.64. The van der Waals surface area contributed by atoms with E-state index in [1.165, 1.54) is 31.2 Å². The molecule has 2 aromatic carbocycles. The van der Waals surface area contributed by atoms with E-state index in [4.69, 9.17) is 5.11 Å². The van der Waals surface area contributed by atoms with Gasteiger partial charge in [0, 0.05) is 0 Å². The summed E-state index contributed by atoms with van der Waals surface area (Å²) in [5.41, 5.74) is -1.79. The number of rotatable bonds is 5. The number of carboxylic acids is 1. The standard InChI is InChI=1S/C18H17NO6/c1-12(15(20)21)19-17(23)25-16(22)18(24,13-8-4-2-5-9-13)14-10-6-3-7-11-14/h2-12,24H,1H3,(H,19,23)(H,20,21)/t12-/m0/s1. The Morgan fingerprint density at radius 3 is 1.80 bits per heavy atom. The second-order valence-corrected chi connectivity index (χ2v) is 5.32. The van der Waals surface area contributed by atoms with Crippen LogP contribution in [0.15, 0.2) is 60.7 Å². The molecular weight excluding hydrogens is 326 g/mol. The maximum atomic E-state index is 12.5. The van der Waals surface area contributed by atoms with Crippen LogP contribution in [0.1, 0.15) is 18.1 Å². The van der Waals surface area contributed by atoms with Crippen molar-refractivity contribution >= 4 is 18.0 Å². The number of esters is 1. The summed E-state index contributed by atoms with van der Waals surface area (Å²) in [6.07, 6.45) is -1.26. The fourth-order valence-electron chi connectivity index (χ4n) is 2.19. The highest BCUT2D eigenvalue weighted by Gasteiger charge is 2.43. The minimum absolute atomic E-state index is 0.213. The van der Waals surface area contributed by atoms with Crippen molar-refractivity contribution in [2.24, 2.45) is 0 Å². The molecule has 0 saturated heterocycles. The molecule has 0 fully saturated rings. The van der Waals surface area contributed by atoms with Crippen LogP contribution in [-0.2, 0) is 19.9 Å². The normalized spacial score (nSPS) is 12.1. The Bertz CT molecular complexity index is 720. The van der Waals surface area contributed by atoms with Crippen molar-refractivity contribution in [1.82, 2.24) is 5.32 Å². The van der Waals surface area contributed by atoms with Crippen LogP contribution >= 0.6 is 0 Å². The number of aliphatic hydroxyl groups is 1. The van der Waals surface area contributed by atoms with Crippen molar-refractivity contribution in [3.05, 3.63) is 71.8 Å². The molecule has 130 valence electrons. The van der Waals surface area contributed by atoms with E-state index in [-0.39, 0.29) is 11.1 Å². The van der Waals surface area contributed by atoms with E-state index >= 15 is 0 Å². The number of aliphatic carboxylic acids is 1. The molecule has 0 aliphatic carbocycles. The van der Waals surface area contributed by atoms with Gasteiger partial charge in [-0.15, -0.1) is 0 Å². The summed E-state index contributed by atoms with van der Waals surface area (Å²) >= 11 is 0. The predicted molar refractivity (Wildman–Crippen MR) is 87.6 cm³/mol. The van der Waals surface area contributed by atoms with Gasteiger partial charge >= 0.3 is 18.0 Å². The van der Waals surface area contributed by atoms with Gasteiger partial charge in [-0.1, -0.05) is 60.7 Å². The van der Waals surface area contributed by atoms with E-state index in [0.717, 1.165) is 0 Å². The van der Waals surface area contributed by atoms with E-state index in [1.807, 2.05) is 5.32 Å². The molecule has 2 aromatic rings. The van der Waals surface area contributed by atoms with Crippen LogP contribution in [0.2, 0.25) is 0 Å². The molecule has 1 atom stereocenters. The number of hydrogen-bond acceptors (Lipinski definition) is 5. The number of ether oxygens (including phenoxy) is 1. The highest BCUT2D eigenvalue weighted by molar-refractivity contribution is 5.94. The van der Waals surface area contributed by atoms with Crippen molar-refractivity contribution in [3.63, 3.8) is 0 Å². The minimum Gasteiger partial charge on any atom is -0.480 e. The highest BCUT2D eigenvalue weighted by atomic mass is 16.6. The summed E-state index contributed by atoms with van der Waals surface area (Å²) in [4.78, 5) is 35.1. The molecule has 0 heterocycles. The van der Waals surface area contributed by atoms with Gasteiger partial charge in [0.25, 0.3) is 0 Å². The van der Waals surface area contributed by atoms with Crippen LogP contribution in [0.3, 0.4) is 0 Å². The first-order valence-corrected chi connectivity index (χ1v) is 7.44. The molecule has 0 unspecified atom stereocenters. The number of carbonyl (C=O) groups is 3. The maximum Gasteiger partial charge on any atom is 0.415 e. The Labute approximate surface area is 143 Å². The molecule has 2 rings (SSSR count). The number of carbonyl (C=O) groups excluding carboxylic acids is 2. The molecule has 0 bridgehead atoms. The molecule has 0 spiro atoms. The third-order valence-electron chi connectivity index (χ3n) is 3.57. The number of benzene rings is 2. The van der Waals surface area contributed by atoms with Gasteiger partial charge in [0.2, 0.25) is 5.60 Å². The maximum absolute atomic E-state index is 12.5. The summed E-state index contributed by atoms with van der Waals surface area (Å²) in [6, 6.07) is 14.8. The summed E-state index contributed by atoms with van der Waals surface area (Å²) in [5, 5.41) is 21.8. The lowest BCUT2D eigenvalue weighted by atomic mass is 9.86. The Morgan fingerprint density at radius 1 is 0.960 bits per heavy atom. The Kier molecular flexibility index (Phi) is 5.51. The third-order valence-corrected chi connectivity index (χ3v) is 3.57. The van der Waals surface area contributed by atoms with E-state index in [0.29, 0.717) is 0 Å². The molecule has 0 aliphatic heterocycles. The average molecular weight is 343 g/mol. The second kappa shape index (κ2) is 7.59. The van der Waals surface area contributed by atoms with Crippen LogP contribution in [0, 0.1) is 0 Å². The van der Waals surface area contributed by atoms with Crippen LogP contribution in [-0.4, -0.2) is 34.3 Å². The summed E-state index contributed by atoms with van der Waals surface area (Å²) in [6.45, 7) is 1.22. The molecule has 7 heteroatoms. The average Bonchev–Trinajstić information content (AvgIpc) is 2.62. The Balaban J connectivity index is 2.32. The quantitative estimate of drug-likeness (QED) is 0.562. The Hall–Kier alpha value is -3.19. The fraction of sp³-hybridized carbons (Fsp3) is 0.167. The van der Waals surface area contributed by atoms with Crippen LogP contribution in [0.5, 0.6) is 0 Å². The van der Waals surface area contributed by atoms with Crippen LogP contribution in [0.25, 0.3) is 0 Å². The van der Waals surface area contributed by atoms with Crippen molar-refractivity contribution in [2.45, 2.75) is 18.6 Å². The first kappa shape index (κ1) is 18.2. The van der Waals surface area contributed by atoms with Crippen LogP contribution in [0.4, 0.5) is 4.79 Å². The van der Waals surface area contributed by atoms with Crippen molar-refractivity contribution in [1.29, 1.82) is 0 Å². The van der Waals surface area contributed by atoms with Gasteiger partial charge in [0.1, 0.15) is 6.04 Å². The topological polar surface area (TPSA) is 113 Å². The molecule has 7 nitrogen and oxygen atoms in total. The van der Waals surface area contributed by atoms with Crippen LogP contribution < -0.4 is 5.32 Å². The number of amides is 1. The molecule has 0 aromatic heterocycles. The lowest BCUT2D eigenvalue weighted by Gasteiger charge is -2.26. The zero-order valence-electron chi connectivity index (χ0n) is 13.4. The van der Waals surface area contributed by atoms with Crippen molar-refractivity contribution < 1.29 is 29.3 Å². The lowest BCUT2D eigenvalue weighted by Crippen LogP contribution is -2.44. The van der Waals surface area contributed by atoms with Gasteiger partial charge in [-0.3, -0.25) is 4.79 Å². The summed E-state index contributed by atoms with van der Waals surface area (Å²) in [5.74, 6) is -2.52. The zero-order valence-corrected chi connectivity index (χ0v) is 13.4. The molecule has 3 N–H and O–H groups in total. The smallest absolute Gasteiger partial charge is 0.415 e. The van der Waals surface area contributed by atoms with Gasteiger partial charge in [0.15, 0.2) is 0 Å². The summed E-state index contributed by atoms with van der Waals surface area (Å²) in [7, 11) is 0. The van der Waals surface area contributed by atoms with E-state index in [9.17, 15) is 19.5 Å². The largest absolute Gasteiger partial charge is 0.480 e. The van der Waals surface area contributed by atoms with Gasteiger partial charge in [-0.05, 0) is 18.1 Å². The minimum atomic E-state index is -2.22. The van der Waals surface area contributed by atoms with Gasteiger partial charge in [0.05, 0.1) is 0 Å². The molecule has 0 saturated carbocycles. The molecule has 1 amide bonds. The van der Waals surface area contributed by atoms with Gasteiger partial charge in [-0.25, -0.2) is 9.59 Å². The number of nitrogens with one attached hydrogen (secondary N) is 1. The number of carboxylic acid groups (broad SMARTS) is 1. The van der Waals surface area contributed by atoms with E-state index in [2.05, 4.69) is 4.74 Å². The van der Waals surface area contributed by atoms with Gasteiger partial charge in [-0.2, -0.15) is 0 Å². The second-order valence-electron chi connectivity index (χ2n) is 5.32. The molecular formula is C18H17NO6. The van der Waals surface area contributed by atoms with Crippen molar-refractivity contribution in [3.8, 4) is 0 Å². The SMILES string of the molecule is C[C@H](NC(=O)OC(=O)C(O)(c1ccccc1)c1ccccc1)C(=O)O. The predicted octanol–water partition coefficient (Wildman–Crippen LogP) is 1.65. The molecule has 25 heavy (non-hydrogen) atoms. The van der Waals surface area contributed by atoms with E-state index < -0.39 is 29.7 Å². The highest BCUT2D eigenvalue weighted by Crippen LogP contribution is 2.31. The number of alkyl carbamates (subject to hydrolysis) is 1.